The van der Waals surface area contributed by atoms with Crippen LogP contribution in [0, 0.1) is 6.92 Å². The quantitative estimate of drug-likeness (QED) is 0.538. The van der Waals surface area contributed by atoms with E-state index >= 15 is 0 Å². The van der Waals surface area contributed by atoms with E-state index in [-0.39, 0.29) is 11.9 Å². The monoisotopic (exact) mass is 438 g/mol. The van der Waals surface area contributed by atoms with Crippen molar-refractivity contribution in [1.29, 1.82) is 0 Å². The Morgan fingerprint density at radius 2 is 1.90 bits per heavy atom. The van der Waals surface area contributed by atoms with E-state index in [0.717, 1.165) is 41.9 Å². The van der Waals surface area contributed by atoms with Crippen molar-refractivity contribution in [3.63, 3.8) is 0 Å². The van der Waals surface area contributed by atoms with E-state index in [0.29, 0.717) is 5.75 Å². The van der Waals surface area contributed by atoms with Crippen LogP contribution in [0.2, 0.25) is 0 Å². The van der Waals surface area contributed by atoms with Crippen LogP contribution in [-0.4, -0.2) is 51.6 Å². The van der Waals surface area contributed by atoms with Crippen LogP contribution in [-0.2, 0) is 11.2 Å². The third kappa shape index (κ3) is 5.21. The molecule has 0 saturated carbocycles. The average molecular weight is 439 g/mol. The summed E-state index contributed by atoms with van der Waals surface area (Å²) in [5.41, 5.74) is 2.49. The van der Waals surface area contributed by atoms with Gasteiger partial charge in [0.05, 0.1) is 5.75 Å². The first kappa shape index (κ1) is 20.9. The Morgan fingerprint density at radius 3 is 2.63 bits per heavy atom. The zero-order chi connectivity index (χ0) is 20.9. The molecule has 1 fully saturated rings. The molecule has 4 rings (SSSR count). The highest BCUT2D eigenvalue weighted by Gasteiger charge is 2.28. The summed E-state index contributed by atoms with van der Waals surface area (Å²) in [6, 6.07) is 18.8. The maximum atomic E-state index is 12.7. The van der Waals surface area contributed by atoms with Gasteiger partial charge in [0.25, 0.3) is 0 Å². The molecule has 3 aromatic rings. The second kappa shape index (κ2) is 9.62. The topological polar surface area (TPSA) is 49.3 Å². The standard InChI is InChI=1S/C23H26N4OS2/c1-17-8-10-19(11-9-17)14-21-24-23(30-25-21)26-12-13-27(18(2)15-26)22(28)16-29-20-6-4-3-5-7-20/h3-11,18H,12-16H2,1-2H3. The summed E-state index contributed by atoms with van der Waals surface area (Å²) in [6.45, 7) is 6.52. The minimum atomic E-state index is 0.159. The highest BCUT2D eigenvalue weighted by atomic mass is 32.2. The van der Waals surface area contributed by atoms with Gasteiger partial charge in [-0.15, -0.1) is 11.8 Å². The molecule has 1 amide bonds. The van der Waals surface area contributed by atoms with E-state index in [9.17, 15) is 4.79 Å². The molecule has 7 heteroatoms. The van der Waals surface area contributed by atoms with Crippen molar-refractivity contribution < 1.29 is 4.79 Å². The van der Waals surface area contributed by atoms with E-state index < -0.39 is 0 Å². The molecule has 2 heterocycles. The summed E-state index contributed by atoms with van der Waals surface area (Å²) in [4.78, 5) is 22.9. The summed E-state index contributed by atoms with van der Waals surface area (Å²) in [5, 5.41) is 0.953. The third-order valence-electron chi connectivity index (χ3n) is 5.26. The van der Waals surface area contributed by atoms with Crippen molar-refractivity contribution in [3.05, 3.63) is 71.5 Å². The van der Waals surface area contributed by atoms with Crippen LogP contribution in [0.25, 0.3) is 0 Å². The Labute approximate surface area is 186 Å². The highest BCUT2D eigenvalue weighted by Crippen LogP contribution is 2.24. The van der Waals surface area contributed by atoms with Crippen molar-refractivity contribution in [2.24, 2.45) is 0 Å². The maximum Gasteiger partial charge on any atom is 0.233 e. The number of hydrogen-bond acceptors (Lipinski definition) is 6. The van der Waals surface area contributed by atoms with Crippen molar-refractivity contribution in [3.8, 4) is 0 Å². The predicted octanol–water partition coefficient (Wildman–Crippen LogP) is 4.27. The number of nitrogens with zero attached hydrogens (tertiary/aromatic N) is 4. The molecule has 30 heavy (non-hydrogen) atoms. The molecule has 1 unspecified atom stereocenters. The Hall–Kier alpha value is -2.38. The van der Waals surface area contributed by atoms with Gasteiger partial charge in [0.1, 0.15) is 5.82 Å². The first-order chi connectivity index (χ1) is 14.6. The van der Waals surface area contributed by atoms with Gasteiger partial charge in [-0.2, -0.15) is 4.37 Å². The summed E-state index contributed by atoms with van der Waals surface area (Å²) in [5.74, 6) is 1.55. The lowest BCUT2D eigenvalue weighted by Gasteiger charge is -2.39. The van der Waals surface area contributed by atoms with Crippen LogP contribution in [0.1, 0.15) is 23.9 Å². The minimum absolute atomic E-state index is 0.159. The Morgan fingerprint density at radius 1 is 1.13 bits per heavy atom. The van der Waals surface area contributed by atoms with Crippen molar-refractivity contribution >= 4 is 34.3 Å². The van der Waals surface area contributed by atoms with E-state index in [1.807, 2.05) is 35.2 Å². The molecule has 2 aromatic carbocycles. The van der Waals surface area contributed by atoms with Gasteiger partial charge in [-0.3, -0.25) is 4.79 Å². The lowest BCUT2D eigenvalue weighted by atomic mass is 10.1. The fourth-order valence-corrected chi connectivity index (χ4v) is 5.11. The van der Waals surface area contributed by atoms with Gasteiger partial charge in [0.15, 0.2) is 0 Å². The molecule has 1 aromatic heterocycles. The third-order valence-corrected chi connectivity index (χ3v) is 7.08. The van der Waals surface area contributed by atoms with Gasteiger partial charge >= 0.3 is 0 Å². The summed E-state index contributed by atoms with van der Waals surface area (Å²) >= 11 is 3.06. The number of piperazine rings is 1. The lowest BCUT2D eigenvalue weighted by molar-refractivity contribution is -0.130. The molecule has 0 N–H and O–H groups in total. The molecule has 0 bridgehead atoms. The molecular formula is C23H26N4OS2. The molecule has 0 aliphatic carbocycles. The number of aromatic nitrogens is 2. The van der Waals surface area contributed by atoms with Gasteiger partial charge < -0.3 is 9.80 Å². The van der Waals surface area contributed by atoms with Gasteiger partial charge in [-0.05, 0) is 31.5 Å². The zero-order valence-corrected chi connectivity index (χ0v) is 19.0. The van der Waals surface area contributed by atoms with Crippen LogP contribution in [0.5, 0.6) is 0 Å². The number of anilines is 1. The van der Waals surface area contributed by atoms with Crippen molar-refractivity contribution in [2.45, 2.75) is 31.2 Å². The van der Waals surface area contributed by atoms with Crippen LogP contribution >= 0.6 is 23.3 Å². The molecule has 1 atom stereocenters. The van der Waals surface area contributed by atoms with Crippen LogP contribution in [0.15, 0.2) is 59.5 Å². The second-order valence-electron chi connectivity index (χ2n) is 7.64. The average Bonchev–Trinajstić information content (AvgIpc) is 3.23. The maximum absolute atomic E-state index is 12.7. The SMILES string of the molecule is Cc1ccc(Cc2nsc(N3CCN(C(=O)CSc4ccccc4)C(C)C3)n2)cc1. The first-order valence-corrected chi connectivity index (χ1v) is 11.9. The number of rotatable bonds is 6. The molecule has 0 spiro atoms. The highest BCUT2D eigenvalue weighted by molar-refractivity contribution is 8.00. The molecule has 0 radical (unpaired) electrons. The van der Waals surface area contributed by atoms with E-state index in [2.05, 4.69) is 47.4 Å². The van der Waals surface area contributed by atoms with Gasteiger partial charge in [0, 0.05) is 48.5 Å². The van der Waals surface area contributed by atoms with E-state index in [4.69, 9.17) is 4.98 Å². The number of thioether (sulfide) groups is 1. The number of aryl methyl sites for hydroxylation is 1. The van der Waals surface area contributed by atoms with Crippen molar-refractivity contribution in [2.75, 3.05) is 30.3 Å². The van der Waals surface area contributed by atoms with Crippen LogP contribution in [0.3, 0.4) is 0 Å². The first-order valence-electron chi connectivity index (χ1n) is 10.2. The molecule has 1 aliphatic rings. The summed E-state index contributed by atoms with van der Waals surface area (Å²) in [6.07, 6.45) is 0.751. The molecular weight excluding hydrogens is 412 g/mol. The smallest absolute Gasteiger partial charge is 0.233 e. The Balaban J connectivity index is 1.31. The van der Waals surface area contributed by atoms with E-state index in [1.54, 1.807) is 11.8 Å². The van der Waals surface area contributed by atoms with Gasteiger partial charge in [-0.1, -0.05) is 48.0 Å². The Bertz CT molecular complexity index is 974. The zero-order valence-electron chi connectivity index (χ0n) is 17.3. The number of carbonyl (C=O) groups is 1. The molecule has 1 aliphatic heterocycles. The fraction of sp³-hybridized carbons (Fsp3) is 0.348. The second-order valence-corrected chi connectivity index (χ2v) is 9.42. The summed E-state index contributed by atoms with van der Waals surface area (Å²) < 4.78 is 4.56. The predicted molar refractivity (Wildman–Crippen MR) is 124 cm³/mol. The molecule has 156 valence electrons. The van der Waals surface area contributed by atoms with Crippen molar-refractivity contribution in [1.82, 2.24) is 14.3 Å². The fourth-order valence-electron chi connectivity index (χ4n) is 3.58. The molecule has 1 saturated heterocycles. The van der Waals surface area contributed by atoms with Gasteiger partial charge in [0.2, 0.25) is 11.0 Å². The van der Waals surface area contributed by atoms with Crippen LogP contribution < -0.4 is 4.90 Å². The lowest BCUT2D eigenvalue weighted by Crippen LogP contribution is -2.54. The van der Waals surface area contributed by atoms with E-state index in [1.165, 1.54) is 22.7 Å². The molecule has 5 nitrogen and oxygen atoms in total. The number of benzene rings is 2. The van der Waals surface area contributed by atoms with Gasteiger partial charge in [-0.25, -0.2) is 4.98 Å². The number of carbonyl (C=O) groups excluding carboxylic acids is 1. The number of amides is 1. The minimum Gasteiger partial charge on any atom is -0.343 e. The Kier molecular flexibility index (Phi) is 6.69. The summed E-state index contributed by atoms with van der Waals surface area (Å²) in [7, 11) is 0. The normalized spacial score (nSPS) is 16.7. The number of hydrogen-bond donors (Lipinski definition) is 0. The largest absolute Gasteiger partial charge is 0.343 e. The van der Waals surface area contributed by atoms with Crippen LogP contribution in [0.4, 0.5) is 5.13 Å².